The Morgan fingerprint density at radius 3 is 2.37 bits per heavy atom. The van der Waals surface area contributed by atoms with Crippen molar-refractivity contribution in [2.75, 3.05) is 92.7 Å². The molecule has 3 saturated heterocycles. The lowest BCUT2D eigenvalue weighted by molar-refractivity contribution is -0.138. The molecular weight excluding hydrogens is 810 g/mol. The number of imide groups is 1. The van der Waals surface area contributed by atoms with Gasteiger partial charge < -0.3 is 34.6 Å². The Kier molecular flexibility index (Phi) is 13.8. The molecule has 3 aromatic carbocycles. The third-order valence-electron chi connectivity index (χ3n) is 11.1. The molecule has 1 unspecified atom stereocenters. The van der Waals surface area contributed by atoms with Crippen LogP contribution in [0.5, 0.6) is 17.2 Å². The predicted octanol–water partition coefficient (Wildman–Crippen LogP) is 5.26. The van der Waals surface area contributed by atoms with E-state index < -0.39 is 22.0 Å². The van der Waals surface area contributed by atoms with Crippen LogP contribution in [0, 0.1) is 0 Å². The Balaban J connectivity index is 0.839. The topological polar surface area (TPSA) is 171 Å². The van der Waals surface area contributed by atoms with Gasteiger partial charge in [0, 0.05) is 83.5 Å². The van der Waals surface area contributed by atoms with E-state index in [1.54, 1.807) is 43.5 Å². The molecule has 4 heterocycles. The minimum Gasteiger partial charge on any atom is -0.494 e. The normalized spacial score (nSPS) is 18.1. The van der Waals surface area contributed by atoms with Gasteiger partial charge in [-0.2, -0.15) is 4.98 Å². The summed E-state index contributed by atoms with van der Waals surface area (Å²) in [6.07, 6.45) is 5.74. The predicted molar refractivity (Wildman–Crippen MR) is 233 cm³/mol. The summed E-state index contributed by atoms with van der Waals surface area (Å²) in [5.41, 5.74) is 2.75. The lowest BCUT2D eigenvalue weighted by Gasteiger charge is -2.43. The molecule has 1 atom stereocenters. The van der Waals surface area contributed by atoms with E-state index in [0.29, 0.717) is 59.4 Å². The summed E-state index contributed by atoms with van der Waals surface area (Å²) in [7, 11) is -0.371. The quantitative estimate of drug-likeness (QED) is 0.0985. The first-order valence-corrected chi connectivity index (χ1v) is 22.4. The highest BCUT2D eigenvalue weighted by atomic mass is 35.5. The van der Waals surface area contributed by atoms with Crippen LogP contribution in [0.2, 0.25) is 5.02 Å². The first kappa shape index (κ1) is 42.8. The van der Waals surface area contributed by atoms with Gasteiger partial charge in [0.15, 0.2) is 11.9 Å². The van der Waals surface area contributed by atoms with E-state index in [2.05, 4.69) is 46.7 Å². The molecule has 3 aliphatic rings. The van der Waals surface area contributed by atoms with Crippen LogP contribution in [0.15, 0.2) is 72.9 Å². The van der Waals surface area contributed by atoms with Crippen LogP contribution in [0.1, 0.15) is 32.1 Å². The summed E-state index contributed by atoms with van der Waals surface area (Å²) >= 11 is 6.47. The molecule has 3 fully saturated rings. The van der Waals surface area contributed by atoms with Crippen LogP contribution >= 0.6 is 11.6 Å². The molecule has 7 rings (SSSR count). The number of benzene rings is 3. The monoisotopic (exact) mass is 861 g/mol. The van der Waals surface area contributed by atoms with Gasteiger partial charge in [-0.1, -0.05) is 23.7 Å². The summed E-state index contributed by atoms with van der Waals surface area (Å²) < 4.78 is 43.2. The molecule has 0 aliphatic carbocycles. The number of hydrogen-bond acceptors (Lipinski definition) is 14. The van der Waals surface area contributed by atoms with Gasteiger partial charge in [-0.05, 0) is 67.8 Å². The first-order chi connectivity index (χ1) is 28.9. The number of carbonyl (C=O) groups is 2. The van der Waals surface area contributed by atoms with Crippen LogP contribution in [0.4, 0.5) is 34.5 Å². The standard InChI is InChI=1S/C42H52ClN9O7S/c1-49(60(3,55)56)36-8-5-4-7-34(36)45-40-33(43)28-44-42(48-40)46-35-14-9-30(27-38(35)57-2)51-20-17-29(18-21-51)52-24-22-50(23-25-52)19-6-26-58-31-10-12-32(13-11-31)59-37-15-16-39(53)47-41(37)54/h4-5,7-14,27-29,37H,6,15-26H2,1-3H3,(H,47,53,54)(H2,44,45,46,48). The number of carbonyl (C=O) groups excluding carboxylic acids is 2. The number of methoxy groups -OCH3 is 1. The summed E-state index contributed by atoms with van der Waals surface area (Å²) in [5.74, 6) is 1.93. The Morgan fingerprint density at radius 1 is 0.917 bits per heavy atom. The van der Waals surface area contributed by atoms with Gasteiger partial charge in [-0.25, -0.2) is 13.4 Å². The van der Waals surface area contributed by atoms with Crippen molar-refractivity contribution in [2.45, 2.75) is 44.2 Å². The molecule has 3 aliphatic heterocycles. The molecule has 18 heteroatoms. The van der Waals surface area contributed by atoms with E-state index in [1.165, 1.54) is 17.5 Å². The van der Waals surface area contributed by atoms with Crippen LogP contribution < -0.4 is 39.4 Å². The fourth-order valence-corrected chi connectivity index (χ4v) is 8.31. The molecule has 0 radical (unpaired) electrons. The van der Waals surface area contributed by atoms with Crippen molar-refractivity contribution in [1.82, 2.24) is 25.1 Å². The highest BCUT2D eigenvalue weighted by Crippen LogP contribution is 2.35. The summed E-state index contributed by atoms with van der Waals surface area (Å²) in [6.45, 7) is 7.71. The fourth-order valence-electron chi connectivity index (χ4n) is 7.66. The minimum absolute atomic E-state index is 0.261. The van der Waals surface area contributed by atoms with Crippen molar-refractivity contribution in [3.63, 3.8) is 0 Å². The van der Waals surface area contributed by atoms with E-state index in [4.69, 9.17) is 25.8 Å². The van der Waals surface area contributed by atoms with Crippen LogP contribution in [0.3, 0.4) is 0 Å². The van der Waals surface area contributed by atoms with E-state index in [0.717, 1.165) is 82.8 Å². The average Bonchev–Trinajstić information content (AvgIpc) is 3.25. The van der Waals surface area contributed by atoms with Gasteiger partial charge in [-0.3, -0.25) is 24.1 Å². The van der Waals surface area contributed by atoms with E-state index in [-0.39, 0.29) is 17.4 Å². The van der Waals surface area contributed by atoms with Crippen molar-refractivity contribution in [2.24, 2.45) is 0 Å². The number of piperazine rings is 1. The molecule has 60 heavy (non-hydrogen) atoms. The molecule has 2 amide bonds. The number of halogens is 1. The maximum absolute atomic E-state index is 12.2. The number of ether oxygens (including phenoxy) is 3. The summed E-state index contributed by atoms with van der Waals surface area (Å²) in [4.78, 5) is 39.9. The molecule has 0 bridgehead atoms. The van der Waals surface area contributed by atoms with Crippen LogP contribution in [-0.4, -0.2) is 125 Å². The zero-order chi connectivity index (χ0) is 42.2. The lowest BCUT2D eigenvalue weighted by Crippen LogP contribution is -2.53. The Hall–Kier alpha value is -5.36. The number of amides is 2. The number of para-hydroxylation sites is 2. The smallest absolute Gasteiger partial charge is 0.267 e. The van der Waals surface area contributed by atoms with Gasteiger partial charge in [-0.15, -0.1) is 0 Å². The SMILES string of the molecule is COc1cc(N2CCC(N3CCN(CCCOc4ccc(OC5CCC(=O)NC5=O)cc4)CC3)CC2)ccc1Nc1ncc(Cl)c(Nc2ccccc2N(C)S(C)(=O)=O)n1. The molecule has 320 valence electrons. The molecule has 4 aromatic rings. The number of aromatic nitrogens is 2. The highest BCUT2D eigenvalue weighted by Gasteiger charge is 2.29. The van der Waals surface area contributed by atoms with Gasteiger partial charge in [0.25, 0.3) is 5.91 Å². The van der Waals surface area contributed by atoms with Crippen molar-refractivity contribution >= 4 is 68.0 Å². The van der Waals surface area contributed by atoms with E-state index in [9.17, 15) is 18.0 Å². The van der Waals surface area contributed by atoms with Gasteiger partial charge in [0.05, 0.1) is 43.2 Å². The second-order valence-corrected chi connectivity index (χ2v) is 17.5. The molecular formula is C42H52ClN9O7S. The van der Waals surface area contributed by atoms with E-state index in [1.807, 2.05) is 24.3 Å². The second-order valence-electron chi connectivity index (χ2n) is 15.1. The number of piperidine rings is 2. The third kappa shape index (κ3) is 10.9. The molecule has 0 saturated carbocycles. The number of anilines is 6. The zero-order valence-electron chi connectivity index (χ0n) is 34.1. The van der Waals surface area contributed by atoms with Gasteiger partial charge in [0.1, 0.15) is 22.3 Å². The maximum atomic E-state index is 12.2. The van der Waals surface area contributed by atoms with E-state index >= 15 is 0 Å². The number of hydrogen-bond donors (Lipinski definition) is 3. The Bertz CT molecular complexity index is 2240. The van der Waals surface area contributed by atoms with Crippen LogP contribution in [0.25, 0.3) is 0 Å². The van der Waals surface area contributed by atoms with Gasteiger partial charge in [0.2, 0.25) is 21.9 Å². The zero-order valence-corrected chi connectivity index (χ0v) is 35.7. The summed E-state index contributed by atoms with van der Waals surface area (Å²) in [5, 5.41) is 9.00. The first-order valence-electron chi connectivity index (χ1n) is 20.2. The Labute approximate surface area is 356 Å². The number of nitrogens with zero attached hydrogens (tertiary/aromatic N) is 6. The second kappa shape index (κ2) is 19.4. The average molecular weight is 862 g/mol. The summed E-state index contributed by atoms with van der Waals surface area (Å²) in [6, 6.07) is 20.9. The van der Waals surface area contributed by atoms with Crippen molar-refractivity contribution in [3.8, 4) is 17.2 Å². The molecule has 16 nitrogen and oxygen atoms in total. The highest BCUT2D eigenvalue weighted by molar-refractivity contribution is 7.92. The fraction of sp³-hybridized carbons (Fsp3) is 0.429. The number of sulfonamides is 1. The van der Waals surface area contributed by atoms with Crippen molar-refractivity contribution in [1.29, 1.82) is 0 Å². The van der Waals surface area contributed by atoms with Crippen molar-refractivity contribution in [3.05, 3.63) is 77.9 Å². The van der Waals surface area contributed by atoms with Gasteiger partial charge >= 0.3 is 0 Å². The number of rotatable bonds is 16. The maximum Gasteiger partial charge on any atom is 0.267 e. The molecule has 3 N–H and O–H groups in total. The number of nitrogens with one attached hydrogen (secondary N) is 3. The van der Waals surface area contributed by atoms with Crippen molar-refractivity contribution < 1.29 is 32.2 Å². The molecule has 0 spiro atoms. The lowest BCUT2D eigenvalue weighted by atomic mass is 10.0. The Morgan fingerprint density at radius 2 is 1.65 bits per heavy atom. The third-order valence-corrected chi connectivity index (χ3v) is 12.6. The minimum atomic E-state index is -3.50. The molecule has 1 aromatic heterocycles. The van der Waals surface area contributed by atoms with Crippen LogP contribution in [-0.2, 0) is 19.6 Å². The largest absolute Gasteiger partial charge is 0.494 e.